The van der Waals surface area contributed by atoms with Gasteiger partial charge in [0.15, 0.2) is 11.5 Å². The molecule has 3 aromatic carbocycles. The quantitative estimate of drug-likeness (QED) is 0.519. The summed E-state index contributed by atoms with van der Waals surface area (Å²) in [5.74, 6) is 0.270. The number of nitrogens with one attached hydrogen (secondary N) is 1. The topological polar surface area (TPSA) is 84.9 Å². The van der Waals surface area contributed by atoms with Crippen LogP contribution in [0.1, 0.15) is 5.56 Å². The van der Waals surface area contributed by atoms with Gasteiger partial charge in [0.2, 0.25) is 5.91 Å². The van der Waals surface area contributed by atoms with Crippen LogP contribution >= 0.6 is 11.6 Å². The first-order valence-electron chi connectivity index (χ1n) is 9.62. The fraction of sp³-hybridized carbons (Fsp3) is 0.174. The van der Waals surface area contributed by atoms with Crippen molar-refractivity contribution in [3.05, 3.63) is 77.3 Å². The van der Waals surface area contributed by atoms with Crippen molar-refractivity contribution in [1.29, 1.82) is 0 Å². The number of rotatable bonds is 8. The minimum atomic E-state index is -4.05. The van der Waals surface area contributed by atoms with Crippen molar-refractivity contribution < 1.29 is 22.7 Å². The number of ether oxygens (including phenoxy) is 2. The van der Waals surface area contributed by atoms with Gasteiger partial charge in [0.1, 0.15) is 6.54 Å². The summed E-state index contributed by atoms with van der Waals surface area (Å²) >= 11 is 5.98. The lowest BCUT2D eigenvalue weighted by molar-refractivity contribution is -0.114. The Hall–Kier alpha value is -3.23. The van der Waals surface area contributed by atoms with Crippen LogP contribution in [-0.2, 0) is 14.8 Å². The number of hydrogen-bond acceptors (Lipinski definition) is 5. The van der Waals surface area contributed by atoms with Crippen molar-refractivity contribution in [3.8, 4) is 11.5 Å². The van der Waals surface area contributed by atoms with Crippen LogP contribution in [0.4, 0.5) is 11.4 Å². The van der Waals surface area contributed by atoms with E-state index >= 15 is 0 Å². The molecule has 0 aliphatic heterocycles. The molecular formula is C23H23ClN2O5S. The summed E-state index contributed by atoms with van der Waals surface area (Å²) in [4.78, 5) is 12.9. The number of amides is 1. The monoisotopic (exact) mass is 474 g/mol. The predicted molar refractivity (Wildman–Crippen MR) is 125 cm³/mol. The second kappa shape index (κ2) is 9.93. The number of methoxy groups -OCH3 is 2. The van der Waals surface area contributed by atoms with E-state index < -0.39 is 22.5 Å². The molecule has 0 bridgehead atoms. The van der Waals surface area contributed by atoms with E-state index in [2.05, 4.69) is 5.32 Å². The molecular weight excluding hydrogens is 452 g/mol. The van der Waals surface area contributed by atoms with Crippen LogP contribution in [0.3, 0.4) is 0 Å². The molecule has 0 aliphatic carbocycles. The van der Waals surface area contributed by atoms with Crippen molar-refractivity contribution in [1.82, 2.24) is 0 Å². The molecule has 0 saturated heterocycles. The van der Waals surface area contributed by atoms with Gasteiger partial charge < -0.3 is 14.8 Å². The van der Waals surface area contributed by atoms with Crippen molar-refractivity contribution in [3.63, 3.8) is 0 Å². The Labute approximate surface area is 192 Å². The molecule has 0 saturated carbocycles. The largest absolute Gasteiger partial charge is 0.493 e. The molecule has 0 aromatic heterocycles. The zero-order valence-electron chi connectivity index (χ0n) is 17.8. The van der Waals surface area contributed by atoms with Crippen LogP contribution in [0.15, 0.2) is 71.6 Å². The maximum atomic E-state index is 13.4. The highest BCUT2D eigenvalue weighted by molar-refractivity contribution is 7.92. The second-order valence-electron chi connectivity index (χ2n) is 6.87. The third-order valence-corrected chi connectivity index (χ3v) is 6.76. The van der Waals surface area contributed by atoms with Gasteiger partial charge in [0.25, 0.3) is 10.0 Å². The molecule has 3 rings (SSSR count). The maximum Gasteiger partial charge on any atom is 0.264 e. The van der Waals surface area contributed by atoms with Gasteiger partial charge in [0, 0.05) is 16.8 Å². The van der Waals surface area contributed by atoms with E-state index in [4.69, 9.17) is 21.1 Å². The fourth-order valence-electron chi connectivity index (χ4n) is 3.10. The van der Waals surface area contributed by atoms with E-state index in [0.29, 0.717) is 22.2 Å². The standard InChI is InChI=1S/C23H23ClN2O5S/c1-16-13-17(24)9-11-20(16)25-23(27)15-26(32(28,29)19-7-5-4-6-8-19)18-10-12-21(30-2)22(14-18)31-3/h4-14H,15H2,1-3H3,(H,25,27). The third kappa shape index (κ3) is 5.15. The molecule has 0 radical (unpaired) electrons. The first-order valence-corrected chi connectivity index (χ1v) is 11.4. The average molecular weight is 475 g/mol. The maximum absolute atomic E-state index is 13.4. The third-order valence-electron chi connectivity index (χ3n) is 4.74. The fourth-order valence-corrected chi connectivity index (χ4v) is 4.76. The van der Waals surface area contributed by atoms with E-state index in [-0.39, 0.29) is 10.6 Å². The van der Waals surface area contributed by atoms with Gasteiger partial charge in [-0.15, -0.1) is 0 Å². The highest BCUT2D eigenvalue weighted by atomic mass is 35.5. The van der Waals surface area contributed by atoms with Gasteiger partial charge in [0.05, 0.1) is 24.8 Å². The highest BCUT2D eigenvalue weighted by Gasteiger charge is 2.28. The Morgan fingerprint density at radius 1 is 0.969 bits per heavy atom. The predicted octanol–water partition coefficient (Wildman–Crippen LogP) is 4.50. The Balaban J connectivity index is 2.00. The Morgan fingerprint density at radius 2 is 1.66 bits per heavy atom. The number of carbonyl (C=O) groups is 1. The molecule has 168 valence electrons. The van der Waals surface area contributed by atoms with Crippen LogP contribution in [0.5, 0.6) is 11.5 Å². The number of sulfonamides is 1. The Morgan fingerprint density at radius 3 is 2.28 bits per heavy atom. The summed E-state index contributed by atoms with van der Waals surface area (Å²) in [6, 6.07) is 17.6. The average Bonchev–Trinajstić information content (AvgIpc) is 2.79. The van der Waals surface area contributed by atoms with Crippen molar-refractivity contribution >= 4 is 38.9 Å². The minimum Gasteiger partial charge on any atom is -0.493 e. The minimum absolute atomic E-state index is 0.0604. The lowest BCUT2D eigenvalue weighted by Gasteiger charge is -2.25. The number of anilines is 2. The lowest BCUT2D eigenvalue weighted by Crippen LogP contribution is -2.38. The van der Waals surface area contributed by atoms with Crippen LogP contribution in [0.2, 0.25) is 5.02 Å². The molecule has 0 unspecified atom stereocenters. The zero-order chi connectivity index (χ0) is 23.3. The molecule has 1 amide bonds. The molecule has 0 aliphatic rings. The Kier molecular flexibility index (Phi) is 7.27. The van der Waals surface area contributed by atoms with E-state index in [1.807, 2.05) is 0 Å². The number of benzene rings is 3. The first-order chi connectivity index (χ1) is 15.3. The summed E-state index contributed by atoms with van der Waals surface area (Å²) in [6.07, 6.45) is 0. The van der Waals surface area contributed by atoms with Crippen LogP contribution < -0.4 is 19.1 Å². The normalized spacial score (nSPS) is 11.0. The molecule has 0 atom stereocenters. The summed E-state index contributed by atoms with van der Waals surface area (Å²) in [6.45, 7) is 1.35. The van der Waals surface area contributed by atoms with Crippen LogP contribution in [-0.4, -0.2) is 35.1 Å². The van der Waals surface area contributed by atoms with Crippen molar-refractivity contribution in [2.45, 2.75) is 11.8 Å². The van der Waals surface area contributed by atoms with E-state index in [1.54, 1.807) is 55.5 Å². The molecule has 0 spiro atoms. The number of aryl methyl sites for hydroxylation is 1. The first kappa shape index (κ1) is 23.4. The van der Waals surface area contributed by atoms with Gasteiger partial charge in [-0.3, -0.25) is 9.10 Å². The van der Waals surface area contributed by atoms with Crippen molar-refractivity contribution in [2.24, 2.45) is 0 Å². The SMILES string of the molecule is COc1ccc(N(CC(=O)Nc2ccc(Cl)cc2C)S(=O)(=O)c2ccccc2)cc1OC. The zero-order valence-corrected chi connectivity index (χ0v) is 19.4. The van der Waals surface area contributed by atoms with Gasteiger partial charge in [-0.2, -0.15) is 0 Å². The van der Waals surface area contributed by atoms with Gasteiger partial charge in [-0.25, -0.2) is 8.42 Å². The highest BCUT2D eigenvalue weighted by Crippen LogP contribution is 2.34. The van der Waals surface area contributed by atoms with E-state index in [0.717, 1.165) is 9.87 Å². The lowest BCUT2D eigenvalue weighted by atomic mass is 10.2. The van der Waals surface area contributed by atoms with Gasteiger partial charge >= 0.3 is 0 Å². The summed E-state index contributed by atoms with van der Waals surface area (Å²) in [5, 5.41) is 3.29. The number of carbonyl (C=O) groups excluding carboxylic acids is 1. The smallest absolute Gasteiger partial charge is 0.264 e. The molecule has 0 heterocycles. The van der Waals surface area contributed by atoms with Crippen molar-refractivity contribution in [2.75, 3.05) is 30.4 Å². The molecule has 32 heavy (non-hydrogen) atoms. The molecule has 3 aromatic rings. The number of nitrogens with zero attached hydrogens (tertiary/aromatic N) is 1. The van der Waals surface area contributed by atoms with E-state index in [1.165, 1.54) is 32.4 Å². The summed E-state index contributed by atoms with van der Waals surface area (Å²) in [5.41, 5.74) is 1.56. The second-order valence-corrected chi connectivity index (χ2v) is 9.17. The van der Waals surface area contributed by atoms with Gasteiger partial charge in [-0.1, -0.05) is 29.8 Å². The Bertz CT molecular complexity index is 1220. The summed E-state index contributed by atoms with van der Waals surface area (Å²) in [7, 11) is -1.11. The molecule has 1 N–H and O–H groups in total. The molecule has 0 fully saturated rings. The number of halogens is 1. The van der Waals surface area contributed by atoms with E-state index in [9.17, 15) is 13.2 Å². The van der Waals surface area contributed by atoms with Gasteiger partial charge in [-0.05, 0) is 55.0 Å². The molecule has 9 heteroatoms. The van der Waals surface area contributed by atoms with Crippen LogP contribution in [0.25, 0.3) is 0 Å². The molecule has 7 nitrogen and oxygen atoms in total. The summed E-state index contributed by atoms with van der Waals surface area (Å²) < 4.78 is 38.5. The number of hydrogen-bond donors (Lipinski definition) is 1. The van der Waals surface area contributed by atoms with Crippen LogP contribution in [0, 0.1) is 6.92 Å².